The van der Waals surface area contributed by atoms with E-state index in [9.17, 15) is 0 Å². The monoisotopic (exact) mass is 546 g/mol. The second kappa shape index (κ2) is 9.44. The molecular weight excluding hydrogens is 520 g/mol. The van der Waals surface area contributed by atoms with E-state index in [1.807, 2.05) is 12.1 Å². The summed E-state index contributed by atoms with van der Waals surface area (Å²) in [6.45, 7) is 0. The minimum Gasteiger partial charge on any atom is -0.456 e. The molecule has 0 amide bonds. The van der Waals surface area contributed by atoms with E-state index in [2.05, 4.69) is 146 Å². The van der Waals surface area contributed by atoms with Gasteiger partial charge in [0.15, 0.2) is 0 Å². The average molecular weight is 547 g/mol. The first-order chi connectivity index (χ1) is 21.3. The number of benzene rings is 8. The molecule has 0 spiro atoms. The zero-order chi connectivity index (χ0) is 28.3. The van der Waals surface area contributed by atoms with Crippen LogP contribution in [0.1, 0.15) is 0 Å². The molecule has 1 heteroatoms. The topological polar surface area (TPSA) is 13.1 Å². The molecule has 0 aliphatic carbocycles. The minimum absolute atomic E-state index is 0.913. The van der Waals surface area contributed by atoms with Gasteiger partial charge in [0.1, 0.15) is 11.2 Å². The van der Waals surface area contributed by atoms with Crippen molar-refractivity contribution in [1.29, 1.82) is 0 Å². The fraction of sp³-hybridized carbons (Fsp3) is 0. The van der Waals surface area contributed by atoms with Gasteiger partial charge in [-0.3, -0.25) is 0 Å². The van der Waals surface area contributed by atoms with Crippen molar-refractivity contribution in [2.45, 2.75) is 0 Å². The fourth-order valence-corrected chi connectivity index (χ4v) is 6.92. The van der Waals surface area contributed by atoms with E-state index in [1.54, 1.807) is 0 Å². The molecule has 0 unspecified atom stereocenters. The quantitative estimate of drug-likeness (QED) is 0.201. The van der Waals surface area contributed by atoms with Crippen LogP contribution in [0.3, 0.4) is 0 Å². The van der Waals surface area contributed by atoms with Gasteiger partial charge in [-0.15, -0.1) is 0 Å². The number of hydrogen-bond donors (Lipinski definition) is 0. The second-order valence-corrected chi connectivity index (χ2v) is 11.3. The van der Waals surface area contributed by atoms with Gasteiger partial charge < -0.3 is 4.42 Å². The molecule has 0 aliphatic heterocycles. The van der Waals surface area contributed by atoms with E-state index < -0.39 is 0 Å². The molecule has 1 nitrogen and oxygen atoms in total. The summed E-state index contributed by atoms with van der Waals surface area (Å²) in [5.41, 5.74) is 9.23. The smallest absolute Gasteiger partial charge is 0.135 e. The number of para-hydroxylation sites is 1. The largest absolute Gasteiger partial charge is 0.456 e. The molecule has 1 aromatic heterocycles. The van der Waals surface area contributed by atoms with Crippen molar-refractivity contribution in [3.63, 3.8) is 0 Å². The highest BCUT2D eigenvalue weighted by Crippen LogP contribution is 2.45. The van der Waals surface area contributed by atoms with E-state index in [1.165, 1.54) is 65.7 Å². The molecule has 0 atom stereocenters. The molecule has 0 saturated heterocycles. The van der Waals surface area contributed by atoms with Crippen LogP contribution in [0.2, 0.25) is 0 Å². The van der Waals surface area contributed by atoms with E-state index in [0.717, 1.165) is 21.9 Å². The Morgan fingerprint density at radius 2 is 0.884 bits per heavy atom. The molecule has 9 aromatic rings. The number of rotatable bonds is 3. The van der Waals surface area contributed by atoms with Gasteiger partial charge in [-0.2, -0.15) is 0 Å². The number of fused-ring (bicyclic) bond motifs is 6. The van der Waals surface area contributed by atoms with Gasteiger partial charge in [-0.05, 0) is 90.0 Å². The third-order valence-electron chi connectivity index (χ3n) is 8.87. The Labute approximate surface area is 249 Å². The lowest BCUT2D eigenvalue weighted by molar-refractivity contribution is 0.669. The molecule has 1 heterocycles. The van der Waals surface area contributed by atoms with Crippen LogP contribution in [0, 0.1) is 0 Å². The lowest BCUT2D eigenvalue weighted by atomic mass is 9.85. The first kappa shape index (κ1) is 24.0. The van der Waals surface area contributed by atoms with Gasteiger partial charge in [-0.25, -0.2) is 0 Å². The van der Waals surface area contributed by atoms with Crippen LogP contribution in [-0.4, -0.2) is 0 Å². The predicted octanol–water partition coefficient (Wildman–Crippen LogP) is 12.0. The van der Waals surface area contributed by atoms with Crippen LogP contribution >= 0.6 is 0 Å². The lowest BCUT2D eigenvalue weighted by Crippen LogP contribution is -1.91. The Bertz CT molecular complexity index is 2490. The highest BCUT2D eigenvalue weighted by Gasteiger charge is 2.18. The summed E-state index contributed by atoms with van der Waals surface area (Å²) in [7, 11) is 0. The maximum Gasteiger partial charge on any atom is 0.135 e. The zero-order valence-corrected chi connectivity index (χ0v) is 23.4. The number of hydrogen-bond acceptors (Lipinski definition) is 1. The third-order valence-corrected chi connectivity index (χ3v) is 8.87. The molecule has 43 heavy (non-hydrogen) atoms. The molecule has 0 bridgehead atoms. The molecule has 0 N–H and O–H groups in total. The van der Waals surface area contributed by atoms with E-state index in [4.69, 9.17) is 4.42 Å². The zero-order valence-electron chi connectivity index (χ0n) is 23.4. The Morgan fingerprint density at radius 1 is 0.302 bits per heavy atom. The van der Waals surface area contributed by atoms with Crippen LogP contribution in [0.25, 0.3) is 87.6 Å². The standard InChI is InChI=1S/C42H26O/c1-2-11-27(12-3-1)31-17-9-20-35-37(31)26-38-33(32-18-8-14-28-13-4-5-15-30(28)32)19-10-21-36(38)42(35)29-23-24-41-39(25-29)34-16-6-7-22-40(34)43-41/h1-26H. The highest BCUT2D eigenvalue weighted by atomic mass is 16.3. The van der Waals surface area contributed by atoms with Gasteiger partial charge >= 0.3 is 0 Å². The molecule has 200 valence electrons. The number of furan rings is 1. The van der Waals surface area contributed by atoms with Crippen LogP contribution in [0.15, 0.2) is 162 Å². The summed E-state index contributed by atoms with van der Waals surface area (Å²) in [6.07, 6.45) is 0. The van der Waals surface area contributed by atoms with Crippen molar-refractivity contribution in [2.24, 2.45) is 0 Å². The van der Waals surface area contributed by atoms with Crippen LogP contribution in [0.5, 0.6) is 0 Å². The maximum absolute atomic E-state index is 6.21. The van der Waals surface area contributed by atoms with E-state index >= 15 is 0 Å². The van der Waals surface area contributed by atoms with Crippen molar-refractivity contribution in [3.8, 4) is 33.4 Å². The maximum atomic E-state index is 6.21. The summed E-state index contributed by atoms with van der Waals surface area (Å²) >= 11 is 0. The normalized spacial score (nSPS) is 11.7. The first-order valence-corrected chi connectivity index (χ1v) is 14.8. The SMILES string of the molecule is c1ccc(-c2cccc3c(-c4ccc5oc6ccccc6c5c4)c4cccc(-c5cccc6ccccc56)c4cc23)cc1. The summed E-state index contributed by atoms with van der Waals surface area (Å²) < 4.78 is 6.21. The molecule has 0 radical (unpaired) electrons. The minimum atomic E-state index is 0.913. The third kappa shape index (κ3) is 3.72. The Kier molecular flexibility index (Phi) is 5.27. The van der Waals surface area contributed by atoms with E-state index in [-0.39, 0.29) is 0 Å². The Hall–Kier alpha value is -5.66. The van der Waals surface area contributed by atoms with E-state index in [0.29, 0.717) is 0 Å². The van der Waals surface area contributed by atoms with Crippen molar-refractivity contribution >= 4 is 54.3 Å². The van der Waals surface area contributed by atoms with Crippen molar-refractivity contribution in [2.75, 3.05) is 0 Å². The molecule has 8 aromatic carbocycles. The Balaban J connectivity index is 1.43. The van der Waals surface area contributed by atoms with Crippen LogP contribution < -0.4 is 0 Å². The van der Waals surface area contributed by atoms with Crippen molar-refractivity contribution < 1.29 is 4.42 Å². The van der Waals surface area contributed by atoms with Crippen LogP contribution in [0.4, 0.5) is 0 Å². The predicted molar refractivity (Wildman–Crippen MR) is 183 cm³/mol. The molecule has 9 rings (SSSR count). The van der Waals surface area contributed by atoms with Crippen molar-refractivity contribution in [1.82, 2.24) is 0 Å². The first-order valence-electron chi connectivity index (χ1n) is 14.8. The summed E-state index contributed by atoms with van der Waals surface area (Å²) in [5.74, 6) is 0. The summed E-state index contributed by atoms with van der Waals surface area (Å²) in [5, 5.41) is 9.80. The molecule has 0 saturated carbocycles. The molecule has 0 fully saturated rings. The highest BCUT2D eigenvalue weighted by molar-refractivity contribution is 6.21. The van der Waals surface area contributed by atoms with Gasteiger partial charge in [0.2, 0.25) is 0 Å². The van der Waals surface area contributed by atoms with Crippen LogP contribution in [-0.2, 0) is 0 Å². The van der Waals surface area contributed by atoms with Crippen molar-refractivity contribution in [3.05, 3.63) is 158 Å². The average Bonchev–Trinajstić information content (AvgIpc) is 3.45. The fourth-order valence-electron chi connectivity index (χ4n) is 6.92. The Morgan fingerprint density at radius 3 is 1.72 bits per heavy atom. The molecular formula is C42H26O. The second-order valence-electron chi connectivity index (χ2n) is 11.3. The van der Waals surface area contributed by atoms with Gasteiger partial charge in [0.25, 0.3) is 0 Å². The summed E-state index contributed by atoms with van der Waals surface area (Å²) in [6, 6.07) is 56.9. The van der Waals surface area contributed by atoms with Gasteiger partial charge in [0, 0.05) is 10.8 Å². The summed E-state index contributed by atoms with van der Waals surface area (Å²) in [4.78, 5) is 0. The molecule has 0 aliphatic rings. The van der Waals surface area contributed by atoms with Gasteiger partial charge in [0.05, 0.1) is 0 Å². The van der Waals surface area contributed by atoms with Gasteiger partial charge in [-0.1, -0.05) is 133 Å². The lowest BCUT2D eigenvalue weighted by Gasteiger charge is -2.18.